The molecule has 5 nitrogen and oxygen atoms in total. The lowest BCUT2D eigenvalue weighted by Crippen LogP contribution is -2.42. The molecule has 1 aromatic carbocycles. The van der Waals surface area contributed by atoms with Crippen LogP contribution in [0.3, 0.4) is 0 Å². The van der Waals surface area contributed by atoms with E-state index in [9.17, 15) is 13.2 Å². The summed E-state index contributed by atoms with van der Waals surface area (Å²) >= 11 is 5.76. The molecule has 7 heteroatoms. The maximum absolute atomic E-state index is 12.5. The Bertz CT molecular complexity index is 617. The molecule has 0 radical (unpaired) electrons. The van der Waals surface area contributed by atoms with Crippen LogP contribution in [0.25, 0.3) is 0 Å². The Morgan fingerprint density at radius 1 is 1.38 bits per heavy atom. The van der Waals surface area contributed by atoms with E-state index in [4.69, 9.17) is 17.3 Å². The first-order valence-electron chi connectivity index (χ1n) is 6.79. The van der Waals surface area contributed by atoms with E-state index in [1.807, 2.05) is 13.8 Å². The van der Waals surface area contributed by atoms with Crippen LogP contribution in [0.5, 0.6) is 0 Å². The number of hydrogen-bond acceptors (Lipinski definition) is 4. The molecule has 0 saturated carbocycles. The summed E-state index contributed by atoms with van der Waals surface area (Å²) in [6, 6.07) is 4.06. The molecule has 1 aromatic rings. The zero-order chi connectivity index (χ0) is 16.2. The van der Waals surface area contributed by atoms with Gasteiger partial charge >= 0.3 is 0 Å². The molecule has 1 amide bonds. The summed E-state index contributed by atoms with van der Waals surface area (Å²) in [5.41, 5.74) is 5.74. The van der Waals surface area contributed by atoms with Crippen LogP contribution >= 0.6 is 11.6 Å². The topological polar surface area (TPSA) is 89.3 Å². The maximum Gasteiger partial charge on any atom is 0.238 e. The number of hydrogen-bond donors (Lipinski definition) is 2. The normalized spacial score (nSPS) is 14.5. The van der Waals surface area contributed by atoms with Crippen molar-refractivity contribution in [1.29, 1.82) is 0 Å². The monoisotopic (exact) mass is 332 g/mol. The number of carbonyl (C=O) groups is 1. The SMILES string of the molecule is CCCC(C)NC(=O)C(C)S(=O)(=O)c1ccc(Cl)cc1N. The number of nitrogens with one attached hydrogen (secondary N) is 1. The molecule has 0 heterocycles. The lowest BCUT2D eigenvalue weighted by atomic mass is 10.2. The highest BCUT2D eigenvalue weighted by atomic mass is 35.5. The van der Waals surface area contributed by atoms with Gasteiger partial charge in [-0.2, -0.15) is 0 Å². The Kier molecular flexibility index (Phi) is 6.04. The van der Waals surface area contributed by atoms with Gasteiger partial charge in [0.15, 0.2) is 9.84 Å². The Morgan fingerprint density at radius 2 is 2.00 bits per heavy atom. The number of rotatable bonds is 6. The third-order valence-corrected chi connectivity index (χ3v) is 5.59. The van der Waals surface area contributed by atoms with Crippen LogP contribution in [0.2, 0.25) is 5.02 Å². The predicted molar refractivity (Wildman–Crippen MR) is 85.0 cm³/mol. The van der Waals surface area contributed by atoms with Gasteiger partial charge in [0.25, 0.3) is 0 Å². The van der Waals surface area contributed by atoms with Gasteiger partial charge in [-0.05, 0) is 38.5 Å². The summed E-state index contributed by atoms with van der Waals surface area (Å²) in [7, 11) is -3.84. The van der Waals surface area contributed by atoms with Gasteiger partial charge < -0.3 is 11.1 Å². The highest BCUT2D eigenvalue weighted by Gasteiger charge is 2.31. The Balaban J connectivity index is 2.99. The summed E-state index contributed by atoms with van der Waals surface area (Å²) in [6.07, 6.45) is 1.70. The van der Waals surface area contributed by atoms with E-state index in [-0.39, 0.29) is 16.6 Å². The first-order valence-corrected chi connectivity index (χ1v) is 8.71. The third-order valence-electron chi connectivity index (χ3n) is 3.22. The van der Waals surface area contributed by atoms with Crippen LogP contribution in [0, 0.1) is 0 Å². The third kappa shape index (κ3) is 4.35. The first-order chi connectivity index (χ1) is 9.70. The Labute approximate surface area is 130 Å². The van der Waals surface area contributed by atoms with E-state index in [1.165, 1.54) is 25.1 Å². The van der Waals surface area contributed by atoms with E-state index in [1.54, 1.807) is 0 Å². The molecule has 0 aromatic heterocycles. The van der Waals surface area contributed by atoms with Crippen LogP contribution in [-0.4, -0.2) is 25.6 Å². The van der Waals surface area contributed by atoms with Crippen molar-refractivity contribution in [3.63, 3.8) is 0 Å². The van der Waals surface area contributed by atoms with Crippen molar-refractivity contribution in [3.8, 4) is 0 Å². The smallest absolute Gasteiger partial charge is 0.238 e. The fourth-order valence-corrected chi connectivity index (χ4v) is 3.53. The summed E-state index contributed by atoms with van der Waals surface area (Å²) in [6.45, 7) is 5.20. The lowest BCUT2D eigenvalue weighted by Gasteiger charge is -2.18. The van der Waals surface area contributed by atoms with Crippen LogP contribution in [0.4, 0.5) is 5.69 Å². The molecule has 0 aliphatic carbocycles. The minimum Gasteiger partial charge on any atom is -0.398 e. The van der Waals surface area contributed by atoms with Crippen LogP contribution in [0.1, 0.15) is 33.6 Å². The quantitative estimate of drug-likeness (QED) is 0.783. The van der Waals surface area contributed by atoms with Crippen LogP contribution < -0.4 is 11.1 Å². The van der Waals surface area contributed by atoms with Crippen LogP contribution in [-0.2, 0) is 14.6 Å². The van der Waals surface area contributed by atoms with Gasteiger partial charge in [-0.1, -0.05) is 24.9 Å². The largest absolute Gasteiger partial charge is 0.398 e. The van der Waals surface area contributed by atoms with E-state index >= 15 is 0 Å². The van der Waals surface area contributed by atoms with Gasteiger partial charge in [0, 0.05) is 11.1 Å². The molecule has 118 valence electrons. The van der Waals surface area contributed by atoms with Gasteiger partial charge in [-0.15, -0.1) is 0 Å². The highest BCUT2D eigenvalue weighted by Crippen LogP contribution is 2.25. The van der Waals surface area contributed by atoms with Crippen molar-refractivity contribution in [2.24, 2.45) is 0 Å². The molecule has 1 rings (SSSR count). The zero-order valence-corrected chi connectivity index (χ0v) is 14.0. The van der Waals surface area contributed by atoms with Crippen molar-refractivity contribution in [3.05, 3.63) is 23.2 Å². The minimum absolute atomic E-state index is 0.0451. The zero-order valence-electron chi connectivity index (χ0n) is 12.4. The summed E-state index contributed by atoms with van der Waals surface area (Å²) in [5.74, 6) is -0.523. The number of benzene rings is 1. The predicted octanol–water partition coefficient (Wildman–Crippen LogP) is 2.39. The van der Waals surface area contributed by atoms with Gasteiger partial charge in [0.1, 0.15) is 5.25 Å². The average molecular weight is 333 g/mol. The average Bonchev–Trinajstić information content (AvgIpc) is 2.37. The van der Waals surface area contributed by atoms with Crippen molar-refractivity contribution in [2.75, 3.05) is 5.73 Å². The molecule has 0 bridgehead atoms. The van der Waals surface area contributed by atoms with E-state index in [0.717, 1.165) is 12.8 Å². The van der Waals surface area contributed by atoms with Gasteiger partial charge in [0.05, 0.1) is 10.6 Å². The first kappa shape index (κ1) is 17.8. The van der Waals surface area contributed by atoms with Crippen molar-refractivity contribution < 1.29 is 13.2 Å². The van der Waals surface area contributed by atoms with Crippen molar-refractivity contribution in [2.45, 2.75) is 49.8 Å². The second-order valence-electron chi connectivity index (χ2n) is 5.07. The lowest BCUT2D eigenvalue weighted by molar-refractivity contribution is -0.121. The molecule has 3 N–H and O–H groups in total. The molecule has 0 aliphatic rings. The van der Waals surface area contributed by atoms with Crippen molar-refractivity contribution >= 4 is 33.0 Å². The second-order valence-corrected chi connectivity index (χ2v) is 7.74. The fraction of sp³-hybridized carbons (Fsp3) is 0.500. The van der Waals surface area contributed by atoms with Crippen molar-refractivity contribution in [1.82, 2.24) is 5.32 Å². The standard InChI is InChI=1S/C14H21ClN2O3S/c1-4-5-9(2)17-14(18)10(3)21(19,20)13-7-6-11(15)8-12(13)16/h6-10H,4-5,16H2,1-3H3,(H,17,18). The summed E-state index contributed by atoms with van der Waals surface area (Å²) < 4.78 is 24.9. The summed E-state index contributed by atoms with van der Waals surface area (Å²) in [4.78, 5) is 12.0. The summed E-state index contributed by atoms with van der Waals surface area (Å²) in [5, 5.41) is 1.84. The number of sulfone groups is 1. The number of anilines is 1. The molecule has 0 fully saturated rings. The number of halogens is 1. The number of carbonyl (C=O) groups excluding carboxylic acids is 1. The molecule has 0 saturated heterocycles. The van der Waals surface area contributed by atoms with Crippen LogP contribution in [0.15, 0.2) is 23.1 Å². The number of nitrogens with two attached hydrogens (primary N) is 1. The van der Waals surface area contributed by atoms with E-state index in [2.05, 4.69) is 5.32 Å². The number of nitrogen functional groups attached to an aromatic ring is 1. The van der Waals surface area contributed by atoms with E-state index < -0.39 is 21.0 Å². The molecule has 2 unspecified atom stereocenters. The van der Waals surface area contributed by atoms with E-state index in [0.29, 0.717) is 5.02 Å². The maximum atomic E-state index is 12.5. The molecular formula is C14H21ClN2O3S. The molecule has 0 aliphatic heterocycles. The molecule has 2 atom stereocenters. The molecular weight excluding hydrogens is 312 g/mol. The Morgan fingerprint density at radius 3 is 2.52 bits per heavy atom. The fourth-order valence-electron chi connectivity index (χ4n) is 1.98. The minimum atomic E-state index is -3.84. The van der Waals surface area contributed by atoms with Gasteiger partial charge in [-0.3, -0.25) is 4.79 Å². The Hall–Kier alpha value is -1.27. The second kappa shape index (κ2) is 7.13. The van der Waals surface area contributed by atoms with Gasteiger partial charge in [0.2, 0.25) is 5.91 Å². The molecule has 21 heavy (non-hydrogen) atoms. The van der Waals surface area contributed by atoms with Gasteiger partial charge in [-0.25, -0.2) is 8.42 Å². The highest BCUT2D eigenvalue weighted by molar-refractivity contribution is 7.93. The molecule has 0 spiro atoms. The number of amides is 1.